The van der Waals surface area contributed by atoms with E-state index in [4.69, 9.17) is 9.47 Å². The first-order valence-electron chi connectivity index (χ1n) is 7.69. The highest BCUT2D eigenvalue weighted by Crippen LogP contribution is 2.29. The van der Waals surface area contributed by atoms with Crippen LogP contribution in [0.4, 0.5) is 4.79 Å². The van der Waals surface area contributed by atoms with Crippen molar-refractivity contribution in [3.05, 3.63) is 23.8 Å². The molecule has 0 radical (unpaired) electrons. The Kier molecular flexibility index (Phi) is 7.23. The second kappa shape index (κ2) is 8.90. The molecule has 0 bridgehead atoms. The molecule has 0 fully saturated rings. The highest BCUT2D eigenvalue weighted by Gasteiger charge is 2.19. The third-order valence-electron chi connectivity index (χ3n) is 3.15. The van der Waals surface area contributed by atoms with Gasteiger partial charge in [-0.05, 0) is 38.0 Å². The standard InChI is InChI=1S/C17H24N2O5/c1-10(2)9-18-17(22)19-16(21)12(4)24-14-7-6-13(11(3)20)8-15(14)23-5/h6-8,10,12H,9H2,1-5H3,(H2,18,19,21,22). The van der Waals surface area contributed by atoms with E-state index in [0.29, 0.717) is 23.6 Å². The summed E-state index contributed by atoms with van der Waals surface area (Å²) in [5, 5.41) is 4.80. The zero-order valence-corrected chi connectivity index (χ0v) is 14.6. The van der Waals surface area contributed by atoms with Crippen molar-refractivity contribution in [2.24, 2.45) is 5.92 Å². The predicted octanol–water partition coefficient (Wildman–Crippen LogP) is 2.15. The van der Waals surface area contributed by atoms with E-state index in [0.717, 1.165) is 0 Å². The molecule has 7 nitrogen and oxygen atoms in total. The van der Waals surface area contributed by atoms with Crippen LogP contribution in [0.5, 0.6) is 11.5 Å². The molecule has 1 unspecified atom stereocenters. The van der Waals surface area contributed by atoms with Crippen LogP contribution < -0.4 is 20.1 Å². The molecule has 1 aromatic rings. The lowest BCUT2D eigenvalue weighted by Crippen LogP contribution is -2.45. The van der Waals surface area contributed by atoms with Crippen LogP contribution >= 0.6 is 0 Å². The van der Waals surface area contributed by atoms with Crippen LogP contribution in [0, 0.1) is 5.92 Å². The van der Waals surface area contributed by atoms with Gasteiger partial charge in [0.05, 0.1) is 7.11 Å². The number of carbonyl (C=O) groups excluding carboxylic acids is 3. The number of hydrogen-bond acceptors (Lipinski definition) is 5. The van der Waals surface area contributed by atoms with E-state index in [2.05, 4.69) is 10.6 Å². The maximum Gasteiger partial charge on any atom is 0.321 e. The SMILES string of the molecule is COc1cc(C(C)=O)ccc1OC(C)C(=O)NC(=O)NCC(C)C. The van der Waals surface area contributed by atoms with Crippen molar-refractivity contribution in [1.29, 1.82) is 0 Å². The number of Topliss-reactive ketones (excluding diaryl/α,β-unsaturated/α-hetero) is 1. The van der Waals surface area contributed by atoms with Crippen molar-refractivity contribution >= 4 is 17.7 Å². The van der Waals surface area contributed by atoms with Crippen LogP contribution in [0.1, 0.15) is 38.1 Å². The number of benzene rings is 1. The van der Waals surface area contributed by atoms with Crippen molar-refractivity contribution in [3.63, 3.8) is 0 Å². The molecule has 132 valence electrons. The molecule has 1 atom stereocenters. The van der Waals surface area contributed by atoms with Gasteiger partial charge in [0.2, 0.25) is 0 Å². The van der Waals surface area contributed by atoms with E-state index < -0.39 is 18.0 Å². The number of urea groups is 1. The summed E-state index contributed by atoms with van der Waals surface area (Å²) >= 11 is 0. The van der Waals surface area contributed by atoms with Gasteiger partial charge in [-0.25, -0.2) is 4.79 Å². The highest BCUT2D eigenvalue weighted by molar-refractivity contribution is 5.96. The number of rotatable bonds is 7. The molecule has 1 aromatic carbocycles. The molecule has 1 rings (SSSR count). The predicted molar refractivity (Wildman–Crippen MR) is 89.5 cm³/mol. The fraction of sp³-hybridized carbons (Fsp3) is 0.471. The van der Waals surface area contributed by atoms with E-state index in [1.165, 1.54) is 27.0 Å². The zero-order chi connectivity index (χ0) is 18.3. The van der Waals surface area contributed by atoms with E-state index in [1.54, 1.807) is 12.1 Å². The summed E-state index contributed by atoms with van der Waals surface area (Å²) in [5.74, 6) is 0.254. The average molecular weight is 336 g/mol. The first kappa shape index (κ1) is 19.5. The number of imide groups is 1. The van der Waals surface area contributed by atoms with Crippen LogP contribution in [0.15, 0.2) is 18.2 Å². The molecule has 7 heteroatoms. The molecule has 0 saturated carbocycles. The van der Waals surface area contributed by atoms with Gasteiger partial charge in [-0.2, -0.15) is 0 Å². The van der Waals surface area contributed by atoms with Gasteiger partial charge in [0, 0.05) is 12.1 Å². The van der Waals surface area contributed by atoms with Crippen molar-refractivity contribution in [1.82, 2.24) is 10.6 Å². The van der Waals surface area contributed by atoms with Crippen molar-refractivity contribution in [2.75, 3.05) is 13.7 Å². The minimum absolute atomic E-state index is 0.104. The Balaban J connectivity index is 2.69. The molecule has 0 heterocycles. The van der Waals surface area contributed by atoms with E-state index >= 15 is 0 Å². The molecule has 0 aliphatic heterocycles. The lowest BCUT2D eigenvalue weighted by atomic mass is 10.1. The lowest BCUT2D eigenvalue weighted by Gasteiger charge is -2.17. The van der Waals surface area contributed by atoms with Crippen LogP contribution in [0.3, 0.4) is 0 Å². The quantitative estimate of drug-likeness (QED) is 0.744. The molecule has 0 aliphatic carbocycles. The summed E-state index contributed by atoms with van der Waals surface area (Å²) < 4.78 is 10.7. The van der Waals surface area contributed by atoms with Crippen LogP contribution in [0.2, 0.25) is 0 Å². The van der Waals surface area contributed by atoms with Crippen LogP contribution in [-0.2, 0) is 4.79 Å². The monoisotopic (exact) mass is 336 g/mol. The van der Waals surface area contributed by atoms with Gasteiger partial charge >= 0.3 is 6.03 Å². The Morgan fingerprint density at radius 1 is 1.12 bits per heavy atom. The van der Waals surface area contributed by atoms with Crippen molar-refractivity contribution < 1.29 is 23.9 Å². The molecule has 0 aromatic heterocycles. The Hall–Kier alpha value is -2.57. The third-order valence-corrected chi connectivity index (χ3v) is 3.15. The topological polar surface area (TPSA) is 93.7 Å². The molecule has 0 spiro atoms. The summed E-state index contributed by atoms with van der Waals surface area (Å²) in [6, 6.07) is 4.11. The first-order chi connectivity index (χ1) is 11.2. The van der Waals surface area contributed by atoms with Gasteiger partial charge in [-0.1, -0.05) is 13.8 Å². The minimum Gasteiger partial charge on any atom is -0.493 e. The van der Waals surface area contributed by atoms with E-state index in [-0.39, 0.29) is 11.7 Å². The van der Waals surface area contributed by atoms with E-state index in [1.807, 2.05) is 13.8 Å². The normalized spacial score (nSPS) is 11.6. The molecule has 0 aliphatic rings. The first-order valence-corrected chi connectivity index (χ1v) is 7.69. The number of methoxy groups -OCH3 is 1. The fourth-order valence-corrected chi connectivity index (χ4v) is 1.78. The summed E-state index contributed by atoms with van der Waals surface area (Å²) in [4.78, 5) is 35.0. The summed E-state index contributed by atoms with van der Waals surface area (Å²) in [6.45, 7) is 7.33. The summed E-state index contributed by atoms with van der Waals surface area (Å²) in [7, 11) is 1.44. The smallest absolute Gasteiger partial charge is 0.321 e. The second-order valence-electron chi connectivity index (χ2n) is 5.78. The highest BCUT2D eigenvalue weighted by atomic mass is 16.5. The summed E-state index contributed by atoms with van der Waals surface area (Å²) in [6.07, 6.45) is -0.910. The molecule has 3 amide bonds. The Bertz CT molecular complexity index is 613. The molecule has 24 heavy (non-hydrogen) atoms. The number of ether oxygens (including phenoxy) is 2. The largest absolute Gasteiger partial charge is 0.493 e. The van der Waals surface area contributed by atoms with Gasteiger partial charge in [0.15, 0.2) is 23.4 Å². The number of hydrogen-bond donors (Lipinski definition) is 2. The van der Waals surface area contributed by atoms with E-state index in [9.17, 15) is 14.4 Å². The van der Waals surface area contributed by atoms with Crippen LogP contribution in [-0.4, -0.2) is 37.5 Å². The zero-order valence-electron chi connectivity index (χ0n) is 14.6. The van der Waals surface area contributed by atoms with Gasteiger partial charge < -0.3 is 14.8 Å². The second-order valence-corrected chi connectivity index (χ2v) is 5.78. The number of carbonyl (C=O) groups is 3. The molecule has 0 saturated heterocycles. The van der Waals surface area contributed by atoms with Gasteiger partial charge in [-0.15, -0.1) is 0 Å². The number of nitrogens with one attached hydrogen (secondary N) is 2. The van der Waals surface area contributed by atoms with Gasteiger partial charge in [0.25, 0.3) is 5.91 Å². The Morgan fingerprint density at radius 2 is 1.79 bits per heavy atom. The maximum atomic E-state index is 12.0. The maximum absolute atomic E-state index is 12.0. The molecule has 2 N–H and O–H groups in total. The van der Waals surface area contributed by atoms with Crippen LogP contribution in [0.25, 0.3) is 0 Å². The van der Waals surface area contributed by atoms with Crippen molar-refractivity contribution in [3.8, 4) is 11.5 Å². The lowest BCUT2D eigenvalue weighted by molar-refractivity contribution is -0.126. The molecular formula is C17H24N2O5. The number of amides is 3. The fourth-order valence-electron chi connectivity index (χ4n) is 1.78. The Labute approximate surface area is 141 Å². The number of ketones is 1. The molecular weight excluding hydrogens is 312 g/mol. The van der Waals surface area contributed by atoms with Gasteiger partial charge in [0.1, 0.15) is 0 Å². The minimum atomic E-state index is -0.910. The van der Waals surface area contributed by atoms with Gasteiger partial charge in [-0.3, -0.25) is 14.9 Å². The average Bonchev–Trinajstić information content (AvgIpc) is 2.52. The Morgan fingerprint density at radius 3 is 2.33 bits per heavy atom. The van der Waals surface area contributed by atoms with Crippen molar-refractivity contribution in [2.45, 2.75) is 33.8 Å². The third kappa shape index (κ3) is 5.91. The summed E-state index contributed by atoms with van der Waals surface area (Å²) in [5.41, 5.74) is 0.476.